The molecule has 0 saturated heterocycles. The minimum absolute atomic E-state index is 0.108. The number of ether oxygens (including phenoxy) is 1. The van der Waals surface area contributed by atoms with E-state index in [1.807, 2.05) is 0 Å². The lowest BCUT2D eigenvalue weighted by Gasteiger charge is -2.39. The van der Waals surface area contributed by atoms with Crippen LogP contribution in [0.4, 0.5) is 0 Å². The molecule has 0 bridgehead atoms. The lowest BCUT2D eigenvalue weighted by molar-refractivity contribution is -0.150. The van der Waals surface area contributed by atoms with E-state index in [4.69, 9.17) is 9.84 Å². The van der Waals surface area contributed by atoms with Crippen molar-refractivity contribution in [2.75, 3.05) is 19.5 Å². The number of methoxy groups -OCH3 is 1. The summed E-state index contributed by atoms with van der Waals surface area (Å²) in [5.41, 5.74) is -0.471. The standard InChI is InChI=1S/C13H23NO3S/c1-17-12(16)13(14-10-4-5-10)6-2-3-11(9-13)18-8-7-15/h10-11,14-15H,2-9H2,1H3. The molecule has 2 aliphatic rings. The number of hydrogen-bond donors (Lipinski definition) is 2. The molecular weight excluding hydrogens is 250 g/mol. The van der Waals surface area contributed by atoms with E-state index in [2.05, 4.69) is 5.32 Å². The molecule has 2 unspecified atom stereocenters. The predicted molar refractivity (Wildman–Crippen MR) is 72.7 cm³/mol. The molecule has 0 radical (unpaired) electrons. The summed E-state index contributed by atoms with van der Waals surface area (Å²) in [4.78, 5) is 12.1. The number of esters is 1. The number of carbonyl (C=O) groups is 1. The lowest BCUT2D eigenvalue weighted by atomic mass is 9.81. The molecule has 4 nitrogen and oxygen atoms in total. The van der Waals surface area contributed by atoms with Gasteiger partial charge in [0.15, 0.2) is 0 Å². The lowest BCUT2D eigenvalue weighted by Crippen LogP contribution is -2.56. The second-order valence-electron chi connectivity index (χ2n) is 5.31. The summed E-state index contributed by atoms with van der Waals surface area (Å²) in [5.74, 6) is 0.648. The maximum atomic E-state index is 12.1. The fourth-order valence-electron chi connectivity index (χ4n) is 2.78. The Morgan fingerprint density at radius 3 is 2.89 bits per heavy atom. The van der Waals surface area contributed by atoms with Gasteiger partial charge in [-0.05, 0) is 38.5 Å². The highest BCUT2D eigenvalue weighted by molar-refractivity contribution is 7.99. The Morgan fingerprint density at radius 2 is 2.28 bits per heavy atom. The van der Waals surface area contributed by atoms with Gasteiger partial charge in [0, 0.05) is 17.0 Å². The molecule has 0 aromatic carbocycles. The van der Waals surface area contributed by atoms with Crippen LogP contribution in [0.25, 0.3) is 0 Å². The van der Waals surface area contributed by atoms with Gasteiger partial charge >= 0.3 is 5.97 Å². The quantitative estimate of drug-likeness (QED) is 0.715. The topological polar surface area (TPSA) is 58.6 Å². The average molecular weight is 273 g/mol. The fourth-order valence-corrected chi connectivity index (χ4v) is 3.95. The molecule has 2 N–H and O–H groups in total. The van der Waals surface area contributed by atoms with Crippen LogP contribution in [0.2, 0.25) is 0 Å². The summed E-state index contributed by atoms with van der Waals surface area (Å²) in [6.07, 6.45) is 6.25. The maximum absolute atomic E-state index is 12.1. The molecule has 2 atom stereocenters. The second kappa shape index (κ2) is 6.26. The van der Waals surface area contributed by atoms with E-state index in [0.717, 1.165) is 31.4 Å². The van der Waals surface area contributed by atoms with Gasteiger partial charge in [-0.2, -0.15) is 11.8 Å². The number of nitrogens with one attached hydrogen (secondary N) is 1. The molecule has 5 heteroatoms. The highest BCUT2D eigenvalue weighted by Gasteiger charge is 2.46. The molecule has 104 valence electrons. The van der Waals surface area contributed by atoms with Crippen molar-refractivity contribution in [3.8, 4) is 0 Å². The zero-order valence-corrected chi connectivity index (χ0v) is 11.8. The van der Waals surface area contributed by atoms with E-state index < -0.39 is 5.54 Å². The first kappa shape index (κ1) is 14.2. The van der Waals surface area contributed by atoms with Gasteiger partial charge in [0.1, 0.15) is 5.54 Å². The monoisotopic (exact) mass is 273 g/mol. The molecule has 2 fully saturated rings. The van der Waals surface area contributed by atoms with Gasteiger partial charge in [-0.1, -0.05) is 0 Å². The van der Waals surface area contributed by atoms with Crippen molar-refractivity contribution in [1.29, 1.82) is 0 Å². The van der Waals surface area contributed by atoms with Crippen LogP contribution in [0.15, 0.2) is 0 Å². The molecule has 0 amide bonds. The molecule has 0 aromatic rings. The summed E-state index contributed by atoms with van der Waals surface area (Å²) in [7, 11) is 1.48. The summed E-state index contributed by atoms with van der Waals surface area (Å²) in [6.45, 7) is 0.211. The van der Waals surface area contributed by atoms with Crippen molar-refractivity contribution >= 4 is 17.7 Å². The third-order valence-corrected chi connectivity index (χ3v) is 5.08. The third-order valence-electron chi connectivity index (χ3n) is 3.78. The van der Waals surface area contributed by atoms with Crippen molar-refractivity contribution in [1.82, 2.24) is 5.32 Å². The van der Waals surface area contributed by atoms with Crippen molar-refractivity contribution < 1.29 is 14.6 Å². The Labute approximate surface area is 113 Å². The maximum Gasteiger partial charge on any atom is 0.326 e. The third kappa shape index (κ3) is 3.39. The number of aliphatic hydroxyl groups excluding tert-OH is 1. The Balaban J connectivity index is 2.00. The van der Waals surface area contributed by atoms with Gasteiger partial charge in [-0.15, -0.1) is 0 Å². The van der Waals surface area contributed by atoms with Crippen LogP contribution >= 0.6 is 11.8 Å². The van der Waals surface area contributed by atoms with Gasteiger partial charge in [-0.3, -0.25) is 10.1 Å². The number of carbonyl (C=O) groups excluding carboxylic acids is 1. The molecule has 2 saturated carbocycles. The molecule has 18 heavy (non-hydrogen) atoms. The van der Waals surface area contributed by atoms with E-state index in [-0.39, 0.29) is 12.6 Å². The molecule has 0 spiro atoms. The first-order valence-corrected chi connectivity index (χ1v) is 7.83. The highest BCUT2D eigenvalue weighted by Crippen LogP contribution is 2.38. The van der Waals surface area contributed by atoms with Crippen LogP contribution in [-0.4, -0.2) is 47.4 Å². The van der Waals surface area contributed by atoms with Gasteiger partial charge < -0.3 is 9.84 Å². The Morgan fingerprint density at radius 1 is 1.50 bits per heavy atom. The zero-order chi connectivity index (χ0) is 13.0. The predicted octanol–water partition coefficient (Wildman–Crippen LogP) is 1.32. The van der Waals surface area contributed by atoms with E-state index in [1.54, 1.807) is 11.8 Å². The molecule has 2 aliphatic carbocycles. The normalized spacial score (nSPS) is 32.2. The Kier molecular flexibility index (Phi) is 4.92. The molecule has 0 aromatic heterocycles. The highest BCUT2D eigenvalue weighted by atomic mass is 32.2. The van der Waals surface area contributed by atoms with Crippen LogP contribution < -0.4 is 5.32 Å². The fraction of sp³-hybridized carbons (Fsp3) is 0.923. The van der Waals surface area contributed by atoms with E-state index in [0.29, 0.717) is 11.3 Å². The molecule has 0 heterocycles. The van der Waals surface area contributed by atoms with Gasteiger partial charge in [0.25, 0.3) is 0 Å². The van der Waals surface area contributed by atoms with Crippen LogP contribution in [0.5, 0.6) is 0 Å². The average Bonchev–Trinajstić information content (AvgIpc) is 3.19. The summed E-state index contributed by atoms with van der Waals surface area (Å²) < 4.78 is 5.01. The van der Waals surface area contributed by atoms with Crippen molar-refractivity contribution in [3.05, 3.63) is 0 Å². The first-order chi connectivity index (χ1) is 8.70. The van der Waals surface area contributed by atoms with E-state index in [1.165, 1.54) is 20.0 Å². The van der Waals surface area contributed by atoms with Crippen LogP contribution in [-0.2, 0) is 9.53 Å². The van der Waals surface area contributed by atoms with Crippen LogP contribution in [0.1, 0.15) is 38.5 Å². The molecule has 2 rings (SSSR count). The smallest absolute Gasteiger partial charge is 0.326 e. The van der Waals surface area contributed by atoms with Gasteiger partial charge in [-0.25, -0.2) is 0 Å². The van der Waals surface area contributed by atoms with Gasteiger partial charge in [0.05, 0.1) is 13.7 Å². The summed E-state index contributed by atoms with van der Waals surface area (Å²) in [6, 6.07) is 0.505. The minimum atomic E-state index is -0.471. The first-order valence-electron chi connectivity index (χ1n) is 6.79. The van der Waals surface area contributed by atoms with Crippen LogP contribution in [0, 0.1) is 0 Å². The van der Waals surface area contributed by atoms with E-state index in [9.17, 15) is 4.79 Å². The van der Waals surface area contributed by atoms with Crippen molar-refractivity contribution in [2.24, 2.45) is 0 Å². The number of rotatable bonds is 6. The Hall–Kier alpha value is -0.260. The molecular formula is C13H23NO3S. The van der Waals surface area contributed by atoms with Crippen molar-refractivity contribution in [3.63, 3.8) is 0 Å². The van der Waals surface area contributed by atoms with Crippen LogP contribution in [0.3, 0.4) is 0 Å². The van der Waals surface area contributed by atoms with Crippen molar-refractivity contribution in [2.45, 2.75) is 55.4 Å². The zero-order valence-electron chi connectivity index (χ0n) is 11.0. The second-order valence-corrected chi connectivity index (χ2v) is 6.71. The number of hydrogen-bond acceptors (Lipinski definition) is 5. The summed E-state index contributed by atoms with van der Waals surface area (Å²) in [5, 5.41) is 12.9. The minimum Gasteiger partial charge on any atom is -0.468 e. The number of aliphatic hydroxyl groups is 1. The molecule has 0 aliphatic heterocycles. The summed E-state index contributed by atoms with van der Waals surface area (Å²) >= 11 is 1.78. The SMILES string of the molecule is COC(=O)C1(NC2CC2)CCCC(SCCO)C1. The van der Waals surface area contributed by atoms with Gasteiger partial charge in [0.2, 0.25) is 0 Å². The van der Waals surface area contributed by atoms with E-state index >= 15 is 0 Å². The Bertz CT molecular complexity index is 296. The number of thioether (sulfide) groups is 1. The largest absolute Gasteiger partial charge is 0.468 e.